The van der Waals surface area contributed by atoms with E-state index in [1.165, 1.54) is 0 Å². The van der Waals surface area contributed by atoms with Gasteiger partial charge >= 0.3 is 0 Å². The van der Waals surface area contributed by atoms with E-state index >= 15 is 0 Å². The van der Waals surface area contributed by atoms with Crippen LogP contribution < -0.4 is 19.7 Å². The summed E-state index contributed by atoms with van der Waals surface area (Å²) >= 11 is 0. The molecule has 0 aromatic heterocycles. The second-order valence-corrected chi connectivity index (χ2v) is 6.70. The monoisotopic (exact) mass is 352 g/mol. The van der Waals surface area contributed by atoms with E-state index in [4.69, 9.17) is 9.47 Å². The highest BCUT2D eigenvalue weighted by molar-refractivity contribution is 6.04. The van der Waals surface area contributed by atoms with Crippen LogP contribution in [0.25, 0.3) is 0 Å². The van der Waals surface area contributed by atoms with Gasteiger partial charge in [0.05, 0.1) is 5.92 Å². The van der Waals surface area contributed by atoms with Gasteiger partial charge in [0, 0.05) is 30.4 Å². The highest BCUT2D eigenvalue weighted by Crippen LogP contribution is 2.37. The number of anilines is 2. The van der Waals surface area contributed by atoms with Gasteiger partial charge in [-0.05, 0) is 37.1 Å². The smallest absolute Gasteiger partial charge is 0.231 e. The molecule has 0 spiro atoms. The van der Waals surface area contributed by atoms with Crippen molar-refractivity contribution in [3.8, 4) is 11.5 Å². The van der Waals surface area contributed by atoms with Gasteiger partial charge in [0.2, 0.25) is 18.6 Å². The van der Waals surface area contributed by atoms with E-state index in [0.29, 0.717) is 18.0 Å². The second-order valence-electron chi connectivity index (χ2n) is 6.70. The Hall–Kier alpha value is -3.02. The molecule has 1 fully saturated rings. The van der Waals surface area contributed by atoms with Gasteiger partial charge in [-0.3, -0.25) is 9.59 Å². The first-order chi connectivity index (χ1) is 12.5. The van der Waals surface area contributed by atoms with Crippen molar-refractivity contribution in [1.29, 1.82) is 0 Å². The summed E-state index contributed by atoms with van der Waals surface area (Å²) in [4.78, 5) is 26.8. The summed E-state index contributed by atoms with van der Waals surface area (Å²) in [6.07, 6.45) is 0.200. The molecule has 4 rings (SSSR count). The average molecular weight is 352 g/mol. The Morgan fingerprint density at radius 3 is 2.62 bits per heavy atom. The van der Waals surface area contributed by atoms with Gasteiger partial charge in [-0.15, -0.1) is 0 Å². The fourth-order valence-corrected chi connectivity index (χ4v) is 3.42. The minimum absolute atomic E-state index is 0.0643. The maximum atomic E-state index is 12.7. The molecular weight excluding hydrogens is 332 g/mol. The van der Waals surface area contributed by atoms with Gasteiger partial charge in [-0.1, -0.05) is 18.2 Å². The third-order valence-electron chi connectivity index (χ3n) is 4.89. The molecule has 2 amide bonds. The molecule has 1 atom stereocenters. The van der Waals surface area contributed by atoms with Crippen LogP contribution in [0.1, 0.15) is 17.5 Å². The van der Waals surface area contributed by atoms with Gasteiger partial charge in [0.15, 0.2) is 11.5 Å². The molecular formula is C20H20N2O4. The Kier molecular flexibility index (Phi) is 4.03. The summed E-state index contributed by atoms with van der Waals surface area (Å²) in [6.45, 7) is 4.46. The number of benzene rings is 2. The van der Waals surface area contributed by atoms with E-state index in [-0.39, 0.29) is 30.9 Å². The third-order valence-corrected chi connectivity index (χ3v) is 4.89. The van der Waals surface area contributed by atoms with Crippen LogP contribution in [0.3, 0.4) is 0 Å². The van der Waals surface area contributed by atoms with Crippen molar-refractivity contribution in [2.75, 3.05) is 23.6 Å². The van der Waals surface area contributed by atoms with E-state index in [1.807, 2.05) is 38.1 Å². The number of fused-ring (bicyclic) bond motifs is 1. The molecule has 134 valence electrons. The first-order valence-electron chi connectivity index (χ1n) is 8.60. The van der Waals surface area contributed by atoms with Crippen LogP contribution in [0, 0.1) is 19.8 Å². The Labute approximate surface area is 151 Å². The van der Waals surface area contributed by atoms with Crippen LogP contribution in [0.4, 0.5) is 11.4 Å². The van der Waals surface area contributed by atoms with Gasteiger partial charge < -0.3 is 19.7 Å². The van der Waals surface area contributed by atoms with E-state index < -0.39 is 0 Å². The minimum atomic E-state index is -0.382. The summed E-state index contributed by atoms with van der Waals surface area (Å²) in [5.41, 5.74) is 3.57. The lowest BCUT2D eigenvalue weighted by Gasteiger charge is -2.18. The van der Waals surface area contributed by atoms with Crippen molar-refractivity contribution in [3.05, 3.63) is 47.5 Å². The summed E-state index contributed by atoms with van der Waals surface area (Å²) in [5, 5.41) is 2.99. The number of nitrogens with one attached hydrogen (secondary N) is 1. The summed E-state index contributed by atoms with van der Waals surface area (Å²) in [5.74, 6) is 0.722. The lowest BCUT2D eigenvalue weighted by Crippen LogP contribution is -2.28. The number of rotatable bonds is 3. The molecule has 1 N–H and O–H groups in total. The molecule has 2 heterocycles. The van der Waals surface area contributed by atoms with Crippen molar-refractivity contribution in [3.63, 3.8) is 0 Å². The molecule has 0 aliphatic carbocycles. The third kappa shape index (κ3) is 2.87. The Bertz CT molecular complexity index is 873. The fraction of sp³-hybridized carbons (Fsp3) is 0.300. The number of carbonyl (C=O) groups excluding carboxylic acids is 2. The molecule has 1 saturated heterocycles. The maximum absolute atomic E-state index is 12.7. The van der Waals surface area contributed by atoms with E-state index in [0.717, 1.165) is 22.5 Å². The number of hydrogen-bond acceptors (Lipinski definition) is 4. The van der Waals surface area contributed by atoms with Crippen molar-refractivity contribution < 1.29 is 19.1 Å². The molecule has 2 aliphatic heterocycles. The number of ether oxygens (including phenoxy) is 2. The van der Waals surface area contributed by atoms with Crippen LogP contribution in [-0.2, 0) is 9.59 Å². The summed E-state index contributed by atoms with van der Waals surface area (Å²) in [7, 11) is 0. The zero-order valence-electron chi connectivity index (χ0n) is 14.7. The van der Waals surface area contributed by atoms with Gasteiger partial charge in [0.1, 0.15) is 0 Å². The lowest BCUT2D eigenvalue weighted by atomic mass is 10.1. The number of nitrogens with zero attached hydrogens (tertiary/aromatic N) is 1. The topological polar surface area (TPSA) is 67.9 Å². The molecule has 2 aromatic rings. The number of para-hydroxylation sites is 1. The zero-order chi connectivity index (χ0) is 18.3. The maximum Gasteiger partial charge on any atom is 0.231 e. The molecule has 26 heavy (non-hydrogen) atoms. The largest absolute Gasteiger partial charge is 0.454 e. The van der Waals surface area contributed by atoms with Crippen molar-refractivity contribution in [2.24, 2.45) is 5.92 Å². The SMILES string of the molecule is Cc1cccc(C)c1NC(=O)C1CC(=O)N(c2ccc3c(c2)OCO3)C1. The van der Waals surface area contributed by atoms with Crippen LogP contribution >= 0.6 is 0 Å². The van der Waals surface area contributed by atoms with Gasteiger partial charge in [-0.25, -0.2) is 0 Å². The molecule has 0 saturated carbocycles. The van der Waals surface area contributed by atoms with E-state index in [9.17, 15) is 9.59 Å². The first kappa shape index (κ1) is 16.4. The Balaban J connectivity index is 1.50. The van der Waals surface area contributed by atoms with Crippen LogP contribution in [0.2, 0.25) is 0 Å². The standard InChI is InChI=1S/C20H20N2O4/c1-12-4-3-5-13(2)19(12)21-20(24)14-8-18(23)22(10-14)15-6-7-16-17(9-15)26-11-25-16/h3-7,9,14H,8,10-11H2,1-2H3,(H,21,24). The minimum Gasteiger partial charge on any atom is -0.454 e. The molecule has 6 nitrogen and oxygen atoms in total. The molecule has 2 aromatic carbocycles. The lowest BCUT2D eigenvalue weighted by molar-refractivity contribution is -0.122. The zero-order valence-corrected chi connectivity index (χ0v) is 14.7. The number of carbonyl (C=O) groups is 2. The van der Waals surface area contributed by atoms with Crippen molar-refractivity contribution in [1.82, 2.24) is 0 Å². The first-order valence-corrected chi connectivity index (χ1v) is 8.60. The molecule has 0 radical (unpaired) electrons. The molecule has 2 aliphatic rings. The number of amides is 2. The van der Waals surface area contributed by atoms with Crippen LogP contribution in [-0.4, -0.2) is 25.2 Å². The summed E-state index contributed by atoms with van der Waals surface area (Å²) < 4.78 is 10.7. The van der Waals surface area contributed by atoms with Gasteiger partial charge in [-0.2, -0.15) is 0 Å². The van der Waals surface area contributed by atoms with Crippen molar-refractivity contribution in [2.45, 2.75) is 20.3 Å². The predicted molar refractivity (Wildman–Crippen MR) is 97.6 cm³/mol. The fourth-order valence-electron chi connectivity index (χ4n) is 3.42. The highest BCUT2D eigenvalue weighted by Gasteiger charge is 2.36. The van der Waals surface area contributed by atoms with Crippen molar-refractivity contribution >= 4 is 23.2 Å². The highest BCUT2D eigenvalue weighted by atomic mass is 16.7. The second kappa shape index (κ2) is 6.37. The summed E-state index contributed by atoms with van der Waals surface area (Å²) in [6, 6.07) is 11.3. The van der Waals surface area contributed by atoms with E-state index in [2.05, 4.69) is 5.32 Å². The van der Waals surface area contributed by atoms with E-state index in [1.54, 1.807) is 17.0 Å². The number of hydrogen-bond donors (Lipinski definition) is 1. The predicted octanol–water partition coefficient (Wildman–Crippen LogP) is 3.02. The van der Waals surface area contributed by atoms with Gasteiger partial charge in [0.25, 0.3) is 0 Å². The average Bonchev–Trinajstić information content (AvgIpc) is 3.23. The number of aryl methyl sites for hydroxylation is 2. The van der Waals surface area contributed by atoms with Crippen LogP contribution in [0.5, 0.6) is 11.5 Å². The Morgan fingerprint density at radius 2 is 1.85 bits per heavy atom. The molecule has 6 heteroatoms. The quantitative estimate of drug-likeness (QED) is 0.922. The molecule has 1 unspecified atom stereocenters. The van der Waals surface area contributed by atoms with Crippen LogP contribution in [0.15, 0.2) is 36.4 Å². The molecule has 0 bridgehead atoms. The Morgan fingerprint density at radius 1 is 1.12 bits per heavy atom. The normalized spacial score (nSPS) is 18.3.